The quantitative estimate of drug-likeness (QED) is 0.818. The molecule has 5 nitrogen and oxygen atoms in total. The predicted molar refractivity (Wildman–Crippen MR) is 53.1 cm³/mol. The lowest BCUT2D eigenvalue weighted by molar-refractivity contribution is -0.136. The van der Waals surface area contributed by atoms with E-state index in [9.17, 15) is 13.6 Å². The van der Waals surface area contributed by atoms with Crippen LogP contribution in [-0.4, -0.2) is 16.1 Å². The first-order valence-electron chi connectivity index (χ1n) is 4.62. The summed E-state index contributed by atoms with van der Waals surface area (Å²) in [5.41, 5.74) is 4.59. The van der Waals surface area contributed by atoms with Crippen molar-refractivity contribution < 1.29 is 18.7 Å². The fourth-order valence-corrected chi connectivity index (χ4v) is 1.34. The van der Waals surface area contributed by atoms with Crippen LogP contribution >= 0.6 is 0 Å². The number of carboxylic acids is 1. The van der Waals surface area contributed by atoms with Gasteiger partial charge in [0.1, 0.15) is 11.8 Å². The van der Waals surface area contributed by atoms with E-state index in [0.717, 1.165) is 6.07 Å². The molecule has 0 spiro atoms. The number of aromatic nitrogens is 1. The van der Waals surface area contributed by atoms with Gasteiger partial charge in [0.05, 0.1) is 17.7 Å². The van der Waals surface area contributed by atoms with Gasteiger partial charge in [-0.25, -0.2) is 13.8 Å². The van der Waals surface area contributed by atoms with Crippen LogP contribution in [0.1, 0.15) is 28.9 Å². The second-order valence-electron chi connectivity index (χ2n) is 3.22. The highest BCUT2D eigenvalue weighted by atomic mass is 19.3. The first-order valence-corrected chi connectivity index (χ1v) is 4.62. The van der Waals surface area contributed by atoms with Gasteiger partial charge in [-0.2, -0.15) is 5.26 Å². The van der Waals surface area contributed by atoms with Crippen molar-refractivity contribution in [3.05, 3.63) is 28.6 Å². The van der Waals surface area contributed by atoms with E-state index >= 15 is 0 Å². The van der Waals surface area contributed by atoms with Crippen LogP contribution in [0.4, 0.5) is 8.78 Å². The molecular formula is C10H9F2N3O2. The number of carboxylic acid groups (broad SMARTS) is 1. The Labute approximate surface area is 95.5 Å². The summed E-state index contributed by atoms with van der Waals surface area (Å²) in [6, 6.07) is 2.55. The molecule has 0 aliphatic carbocycles. The molecular weight excluding hydrogens is 232 g/mol. The Morgan fingerprint density at radius 1 is 1.65 bits per heavy atom. The highest BCUT2D eigenvalue weighted by Crippen LogP contribution is 2.24. The average Bonchev–Trinajstić information content (AvgIpc) is 2.27. The van der Waals surface area contributed by atoms with E-state index in [1.165, 1.54) is 6.07 Å². The summed E-state index contributed by atoms with van der Waals surface area (Å²) in [5.74, 6) is -1.17. The van der Waals surface area contributed by atoms with Crippen molar-refractivity contribution in [2.24, 2.45) is 5.73 Å². The number of halogens is 2. The molecule has 1 aromatic rings. The summed E-state index contributed by atoms with van der Waals surface area (Å²) in [7, 11) is 0. The highest BCUT2D eigenvalue weighted by Gasteiger charge is 2.18. The van der Waals surface area contributed by atoms with Crippen molar-refractivity contribution in [2.75, 3.05) is 0 Å². The standard InChI is InChI=1S/C10H9F2N3O2/c11-10(12)6-1-5(3-13)7(2-9(16)17)15-8(6)4-14/h1,10H,2-3,13H2,(H,16,17). The molecule has 17 heavy (non-hydrogen) atoms. The van der Waals surface area contributed by atoms with Crippen LogP contribution < -0.4 is 5.73 Å². The van der Waals surface area contributed by atoms with Crippen LogP contribution in [0.15, 0.2) is 6.07 Å². The molecule has 90 valence electrons. The molecule has 0 bridgehead atoms. The van der Waals surface area contributed by atoms with Crippen LogP contribution in [0, 0.1) is 11.3 Å². The van der Waals surface area contributed by atoms with Crippen molar-refractivity contribution in [2.45, 2.75) is 19.4 Å². The lowest BCUT2D eigenvalue weighted by atomic mass is 10.1. The monoisotopic (exact) mass is 241 g/mol. The molecule has 0 atom stereocenters. The fourth-order valence-electron chi connectivity index (χ4n) is 1.34. The third-order valence-corrected chi connectivity index (χ3v) is 2.10. The Balaban J connectivity index is 3.33. The maximum absolute atomic E-state index is 12.6. The molecule has 0 unspecified atom stereocenters. The summed E-state index contributed by atoms with van der Waals surface area (Å²) in [6.45, 7) is -0.110. The third-order valence-electron chi connectivity index (χ3n) is 2.10. The highest BCUT2D eigenvalue weighted by molar-refractivity contribution is 5.70. The number of alkyl halides is 2. The summed E-state index contributed by atoms with van der Waals surface area (Å²) >= 11 is 0. The summed E-state index contributed by atoms with van der Waals surface area (Å²) in [6.07, 6.45) is -3.30. The zero-order valence-corrected chi connectivity index (χ0v) is 8.65. The second-order valence-corrected chi connectivity index (χ2v) is 3.22. The lowest BCUT2D eigenvalue weighted by Crippen LogP contribution is -2.12. The SMILES string of the molecule is N#Cc1nc(CC(=O)O)c(CN)cc1C(F)F. The maximum Gasteiger partial charge on any atom is 0.309 e. The summed E-state index contributed by atoms with van der Waals surface area (Å²) in [4.78, 5) is 14.2. The minimum Gasteiger partial charge on any atom is -0.481 e. The van der Waals surface area contributed by atoms with Crippen LogP contribution in [0.25, 0.3) is 0 Å². The molecule has 0 saturated carbocycles. The van der Waals surface area contributed by atoms with Crippen molar-refractivity contribution >= 4 is 5.97 Å². The van der Waals surface area contributed by atoms with Gasteiger partial charge in [0.15, 0.2) is 0 Å². The number of hydrogen-bond acceptors (Lipinski definition) is 4. The summed E-state index contributed by atoms with van der Waals surface area (Å²) < 4.78 is 25.2. The normalized spacial score (nSPS) is 10.3. The Hall–Kier alpha value is -2.07. The van der Waals surface area contributed by atoms with E-state index in [4.69, 9.17) is 16.1 Å². The van der Waals surface area contributed by atoms with E-state index in [0.29, 0.717) is 0 Å². The number of pyridine rings is 1. The first kappa shape index (κ1) is 13.0. The van der Waals surface area contributed by atoms with Gasteiger partial charge < -0.3 is 10.8 Å². The number of nitriles is 1. The molecule has 3 N–H and O–H groups in total. The van der Waals surface area contributed by atoms with E-state index in [1.54, 1.807) is 0 Å². The first-order chi connectivity index (χ1) is 7.99. The zero-order valence-electron chi connectivity index (χ0n) is 8.65. The number of nitrogens with zero attached hydrogens (tertiary/aromatic N) is 2. The second kappa shape index (κ2) is 5.32. The molecule has 0 saturated heterocycles. The van der Waals surface area contributed by atoms with Gasteiger partial charge in [-0.3, -0.25) is 4.79 Å². The van der Waals surface area contributed by atoms with Crippen molar-refractivity contribution in [1.82, 2.24) is 4.98 Å². The lowest BCUT2D eigenvalue weighted by Gasteiger charge is -2.09. The number of rotatable bonds is 4. The van der Waals surface area contributed by atoms with Gasteiger partial charge in [-0.05, 0) is 11.6 Å². The van der Waals surface area contributed by atoms with E-state index in [2.05, 4.69) is 4.98 Å². The van der Waals surface area contributed by atoms with Crippen molar-refractivity contribution in [3.63, 3.8) is 0 Å². The fraction of sp³-hybridized carbons (Fsp3) is 0.300. The zero-order chi connectivity index (χ0) is 13.0. The molecule has 0 aromatic carbocycles. The molecule has 7 heteroatoms. The van der Waals surface area contributed by atoms with Gasteiger partial charge in [0.2, 0.25) is 0 Å². The topological polar surface area (TPSA) is 100 Å². The Morgan fingerprint density at radius 3 is 2.71 bits per heavy atom. The van der Waals surface area contributed by atoms with E-state index < -0.39 is 30.1 Å². The predicted octanol–water partition coefficient (Wildman–Crippen LogP) is 0.977. The van der Waals surface area contributed by atoms with Crippen molar-refractivity contribution in [1.29, 1.82) is 5.26 Å². The van der Waals surface area contributed by atoms with Crippen molar-refractivity contribution in [3.8, 4) is 6.07 Å². The third kappa shape index (κ3) is 2.95. The van der Waals surface area contributed by atoms with Gasteiger partial charge >= 0.3 is 5.97 Å². The molecule has 0 aliphatic rings. The molecule has 0 amide bonds. The number of carbonyl (C=O) groups is 1. The van der Waals surface area contributed by atoms with Crippen LogP contribution in [0.2, 0.25) is 0 Å². The molecule has 0 fully saturated rings. The molecule has 0 radical (unpaired) electrons. The van der Waals surface area contributed by atoms with E-state index in [-0.39, 0.29) is 17.8 Å². The van der Waals surface area contributed by atoms with Crippen LogP contribution in [0.5, 0.6) is 0 Å². The van der Waals surface area contributed by atoms with Crippen LogP contribution in [0.3, 0.4) is 0 Å². The summed E-state index contributed by atoms with van der Waals surface area (Å²) in [5, 5.41) is 17.3. The average molecular weight is 241 g/mol. The molecule has 0 aliphatic heterocycles. The maximum atomic E-state index is 12.6. The van der Waals surface area contributed by atoms with Crippen LogP contribution in [-0.2, 0) is 17.8 Å². The Kier molecular flexibility index (Phi) is 4.06. The minimum atomic E-state index is -2.85. The molecule has 1 aromatic heterocycles. The molecule has 1 heterocycles. The van der Waals surface area contributed by atoms with Gasteiger partial charge in [-0.1, -0.05) is 0 Å². The number of nitrogens with two attached hydrogens (primary N) is 1. The largest absolute Gasteiger partial charge is 0.481 e. The van der Waals surface area contributed by atoms with Gasteiger partial charge in [0.25, 0.3) is 6.43 Å². The number of hydrogen-bond donors (Lipinski definition) is 2. The Bertz CT molecular complexity index is 483. The van der Waals surface area contributed by atoms with E-state index in [1.807, 2.05) is 0 Å². The Morgan fingerprint density at radius 2 is 2.29 bits per heavy atom. The van der Waals surface area contributed by atoms with Gasteiger partial charge in [0, 0.05) is 6.54 Å². The minimum absolute atomic E-state index is 0.0425. The van der Waals surface area contributed by atoms with Gasteiger partial charge in [-0.15, -0.1) is 0 Å². The molecule has 1 rings (SSSR count). The number of aliphatic carboxylic acids is 1. The smallest absolute Gasteiger partial charge is 0.309 e.